The highest BCUT2D eigenvalue weighted by atomic mass is 19.4. The van der Waals surface area contributed by atoms with Gasteiger partial charge in [0, 0.05) is 17.5 Å². The lowest BCUT2D eigenvalue weighted by molar-refractivity contribution is -0.143. The maximum Gasteiger partial charge on any atom is 0.416 e. The molecule has 0 radical (unpaired) electrons. The van der Waals surface area contributed by atoms with Crippen molar-refractivity contribution >= 4 is 22.6 Å². The number of aromatic nitrogens is 1. The number of rotatable bonds is 3. The second-order valence-corrected chi connectivity index (χ2v) is 9.26. The van der Waals surface area contributed by atoms with Crippen LogP contribution < -0.4 is 10.1 Å². The van der Waals surface area contributed by atoms with Crippen LogP contribution >= 0.6 is 0 Å². The van der Waals surface area contributed by atoms with E-state index in [-0.39, 0.29) is 6.07 Å². The first-order valence-electron chi connectivity index (χ1n) is 11.1. The molecule has 0 fully saturated rings. The zero-order valence-corrected chi connectivity index (χ0v) is 19.9. The number of nitrogens with one attached hydrogen (secondary N) is 1. The molecule has 0 bridgehead atoms. The Morgan fingerprint density at radius 3 is 2.22 bits per heavy atom. The van der Waals surface area contributed by atoms with Crippen molar-refractivity contribution in [3.05, 3.63) is 58.8 Å². The van der Waals surface area contributed by atoms with E-state index in [9.17, 15) is 31.1 Å². The van der Waals surface area contributed by atoms with Gasteiger partial charge in [-0.15, -0.1) is 0 Å². The molecule has 1 unspecified atom stereocenters. The van der Waals surface area contributed by atoms with E-state index in [1.807, 2.05) is 20.8 Å². The third kappa shape index (κ3) is 4.76. The van der Waals surface area contributed by atoms with Gasteiger partial charge >= 0.3 is 18.4 Å². The minimum atomic E-state index is -5.04. The molecular weight excluding hydrogens is 490 g/mol. The Hall–Kier alpha value is -3.21. The topological polar surface area (TPSA) is 52.5 Å². The number of methoxy groups -OCH3 is 1. The number of hydrogen-bond donors (Lipinski definition) is 1. The minimum absolute atomic E-state index is 0.0118. The Bertz CT molecular complexity index is 1290. The van der Waals surface area contributed by atoms with Crippen LogP contribution in [0.1, 0.15) is 55.7 Å². The van der Waals surface area contributed by atoms with Crippen molar-refractivity contribution in [1.29, 1.82) is 0 Å². The predicted molar refractivity (Wildman–Crippen MR) is 121 cm³/mol. The van der Waals surface area contributed by atoms with Gasteiger partial charge in [0.05, 0.1) is 41.2 Å². The van der Waals surface area contributed by atoms with E-state index in [1.54, 1.807) is 18.2 Å². The van der Waals surface area contributed by atoms with Crippen molar-refractivity contribution in [2.45, 2.75) is 57.7 Å². The minimum Gasteiger partial charge on any atom is -0.497 e. The lowest BCUT2D eigenvalue weighted by Gasteiger charge is -2.36. The van der Waals surface area contributed by atoms with Gasteiger partial charge in [0.25, 0.3) is 0 Å². The maximum absolute atomic E-state index is 13.5. The molecule has 4 rings (SSSR count). The zero-order chi connectivity index (χ0) is 26.6. The summed E-state index contributed by atoms with van der Waals surface area (Å²) in [6.45, 7) is 5.67. The van der Waals surface area contributed by atoms with E-state index in [2.05, 4.69) is 5.32 Å². The van der Waals surface area contributed by atoms with Gasteiger partial charge in [-0.25, -0.2) is 4.79 Å². The number of carbonyl (C=O) groups excluding carboxylic acids is 1. The standard InChI is InChI=1S/C25H24F6N2O3/c1-5-20-21-18(12-23(2,3)36-20)17-11-16(35-4)6-7-19(17)33(21)22(34)32-15-9-13(24(26,27)28)8-14(10-15)25(29,30)31/h6-11,20H,5,12H2,1-4H3,(H,32,34). The van der Waals surface area contributed by atoms with Crippen molar-refractivity contribution in [2.24, 2.45) is 0 Å². The molecule has 1 amide bonds. The first-order chi connectivity index (χ1) is 16.6. The van der Waals surface area contributed by atoms with Crippen LogP contribution in [0.25, 0.3) is 10.9 Å². The third-order valence-electron chi connectivity index (χ3n) is 6.10. The van der Waals surface area contributed by atoms with Crippen molar-refractivity contribution in [1.82, 2.24) is 4.57 Å². The number of nitrogens with zero attached hydrogens (tertiary/aromatic N) is 1. The average Bonchev–Trinajstić information content (AvgIpc) is 3.09. The van der Waals surface area contributed by atoms with Crippen LogP contribution in [-0.4, -0.2) is 23.3 Å². The highest BCUT2D eigenvalue weighted by molar-refractivity contribution is 6.01. The fourth-order valence-electron chi connectivity index (χ4n) is 4.62. The molecule has 2 aromatic carbocycles. The number of hydrogen-bond acceptors (Lipinski definition) is 3. The van der Waals surface area contributed by atoms with Gasteiger partial charge in [-0.2, -0.15) is 26.3 Å². The van der Waals surface area contributed by atoms with Crippen molar-refractivity contribution in [3.63, 3.8) is 0 Å². The molecule has 3 aromatic rings. The number of anilines is 1. The summed E-state index contributed by atoms with van der Waals surface area (Å²) in [5.41, 5.74) is -2.49. The van der Waals surface area contributed by atoms with Crippen LogP contribution in [0.2, 0.25) is 0 Å². The van der Waals surface area contributed by atoms with Crippen molar-refractivity contribution < 1.29 is 40.6 Å². The second kappa shape index (κ2) is 8.72. The number of carbonyl (C=O) groups is 1. The van der Waals surface area contributed by atoms with E-state index >= 15 is 0 Å². The Kier molecular flexibility index (Phi) is 6.27. The number of ether oxygens (including phenoxy) is 2. The molecule has 2 heterocycles. The van der Waals surface area contributed by atoms with E-state index in [0.717, 1.165) is 5.56 Å². The van der Waals surface area contributed by atoms with Crippen LogP contribution in [0.4, 0.5) is 36.8 Å². The summed E-state index contributed by atoms with van der Waals surface area (Å²) in [6.07, 6.45) is -9.68. The lowest BCUT2D eigenvalue weighted by Crippen LogP contribution is -2.36. The Labute approximate surface area is 203 Å². The number of fused-ring (bicyclic) bond motifs is 3. The maximum atomic E-state index is 13.5. The molecule has 194 valence electrons. The fourth-order valence-corrected chi connectivity index (χ4v) is 4.62. The fraction of sp³-hybridized carbons (Fsp3) is 0.400. The van der Waals surface area contributed by atoms with Crippen LogP contribution in [0.5, 0.6) is 5.75 Å². The van der Waals surface area contributed by atoms with Gasteiger partial charge in [0.15, 0.2) is 0 Å². The molecular formula is C25H24F6N2O3. The molecule has 0 saturated carbocycles. The largest absolute Gasteiger partial charge is 0.497 e. The summed E-state index contributed by atoms with van der Waals surface area (Å²) in [6, 6.07) is 5.06. The molecule has 0 saturated heterocycles. The highest BCUT2D eigenvalue weighted by Gasteiger charge is 2.39. The van der Waals surface area contributed by atoms with E-state index in [1.165, 1.54) is 11.7 Å². The molecule has 0 aliphatic carbocycles. The average molecular weight is 514 g/mol. The Balaban J connectivity index is 1.88. The smallest absolute Gasteiger partial charge is 0.416 e. The van der Waals surface area contributed by atoms with E-state index < -0.39 is 46.9 Å². The highest BCUT2D eigenvalue weighted by Crippen LogP contribution is 2.44. The summed E-state index contributed by atoms with van der Waals surface area (Å²) in [7, 11) is 1.49. The summed E-state index contributed by atoms with van der Waals surface area (Å²) in [5.74, 6) is 0.535. The molecule has 1 N–H and O–H groups in total. The van der Waals surface area contributed by atoms with Crippen LogP contribution in [0.3, 0.4) is 0 Å². The lowest BCUT2D eigenvalue weighted by atomic mass is 9.90. The molecule has 5 nitrogen and oxygen atoms in total. The third-order valence-corrected chi connectivity index (χ3v) is 6.10. The zero-order valence-electron chi connectivity index (χ0n) is 19.9. The summed E-state index contributed by atoms with van der Waals surface area (Å²) >= 11 is 0. The van der Waals surface area contributed by atoms with Crippen LogP contribution in [0.15, 0.2) is 36.4 Å². The summed E-state index contributed by atoms with van der Waals surface area (Å²) in [4.78, 5) is 13.5. The SMILES string of the molecule is CCC1OC(C)(C)Cc2c1n(C(=O)Nc1cc(C(F)(F)F)cc(C(F)(F)F)c1)c1ccc(OC)cc21. The van der Waals surface area contributed by atoms with E-state index in [4.69, 9.17) is 9.47 Å². The molecule has 1 atom stereocenters. The first-order valence-corrected chi connectivity index (χ1v) is 11.1. The molecule has 0 spiro atoms. The van der Waals surface area contributed by atoms with Gasteiger partial charge in [0.2, 0.25) is 0 Å². The Morgan fingerprint density at radius 1 is 1.08 bits per heavy atom. The molecule has 1 aliphatic rings. The monoisotopic (exact) mass is 514 g/mol. The molecule has 1 aromatic heterocycles. The van der Waals surface area contributed by atoms with E-state index in [0.29, 0.717) is 47.3 Å². The van der Waals surface area contributed by atoms with Gasteiger partial charge in [0.1, 0.15) is 5.75 Å². The number of amides is 1. The Morgan fingerprint density at radius 2 is 1.69 bits per heavy atom. The summed E-state index contributed by atoms with van der Waals surface area (Å²) in [5, 5.41) is 2.93. The number of halogens is 6. The molecule has 11 heteroatoms. The van der Waals surface area contributed by atoms with Gasteiger partial charge < -0.3 is 14.8 Å². The normalized spacial score (nSPS) is 17.7. The van der Waals surface area contributed by atoms with Gasteiger partial charge in [-0.1, -0.05) is 6.92 Å². The second-order valence-electron chi connectivity index (χ2n) is 9.26. The number of alkyl halides is 6. The quantitative estimate of drug-likeness (QED) is 0.367. The first kappa shape index (κ1) is 25.9. The van der Waals surface area contributed by atoms with Gasteiger partial charge in [-0.05, 0) is 62.2 Å². The van der Waals surface area contributed by atoms with Gasteiger partial charge in [-0.3, -0.25) is 4.57 Å². The van der Waals surface area contributed by atoms with Crippen LogP contribution in [-0.2, 0) is 23.5 Å². The van der Waals surface area contributed by atoms with Crippen molar-refractivity contribution in [3.8, 4) is 5.75 Å². The molecule has 36 heavy (non-hydrogen) atoms. The van der Waals surface area contributed by atoms with Crippen LogP contribution in [0, 0.1) is 0 Å². The van der Waals surface area contributed by atoms with Crippen molar-refractivity contribution in [2.75, 3.05) is 12.4 Å². The predicted octanol–water partition coefficient (Wildman–Crippen LogP) is 7.57. The number of benzene rings is 2. The summed E-state index contributed by atoms with van der Waals surface area (Å²) < 4.78 is 92.6. The molecule has 1 aliphatic heterocycles.